The van der Waals surface area contributed by atoms with Gasteiger partial charge in [-0.05, 0) is 38.8 Å². The number of amides is 1. The maximum absolute atomic E-state index is 11.8. The van der Waals surface area contributed by atoms with Gasteiger partial charge in [0.25, 0.3) is 0 Å². The third kappa shape index (κ3) is 3.20. The number of rotatable bonds is 4. The quantitative estimate of drug-likeness (QED) is 0.721. The molecule has 0 bridgehead atoms. The zero-order chi connectivity index (χ0) is 13.1. The Hall–Kier alpha value is -1.14. The molecule has 2 aliphatic rings. The summed E-state index contributed by atoms with van der Waals surface area (Å²) in [7, 11) is 2.07. The van der Waals surface area contributed by atoms with Crippen LogP contribution in [0.25, 0.3) is 0 Å². The smallest absolute Gasteiger partial charge is 0.332 e. The molecule has 102 valence electrons. The molecule has 0 saturated carbocycles. The van der Waals surface area contributed by atoms with Gasteiger partial charge in [-0.3, -0.25) is 4.79 Å². The molecule has 2 heterocycles. The van der Waals surface area contributed by atoms with E-state index in [0.29, 0.717) is 25.3 Å². The van der Waals surface area contributed by atoms with E-state index in [0.717, 1.165) is 19.5 Å². The highest BCUT2D eigenvalue weighted by atomic mass is 16.5. The van der Waals surface area contributed by atoms with Crippen molar-refractivity contribution in [3.05, 3.63) is 0 Å². The van der Waals surface area contributed by atoms with E-state index in [2.05, 4.69) is 17.3 Å². The summed E-state index contributed by atoms with van der Waals surface area (Å²) < 4.78 is 5.20. The van der Waals surface area contributed by atoms with Crippen molar-refractivity contribution in [2.75, 3.05) is 26.7 Å². The molecule has 0 aliphatic carbocycles. The van der Waals surface area contributed by atoms with Crippen LogP contribution in [0.4, 0.5) is 0 Å². The van der Waals surface area contributed by atoms with Crippen LogP contribution in [0.1, 0.15) is 19.3 Å². The maximum atomic E-state index is 11.8. The molecule has 0 aromatic rings. The van der Waals surface area contributed by atoms with Crippen molar-refractivity contribution in [2.24, 2.45) is 5.92 Å². The fourth-order valence-electron chi connectivity index (χ4n) is 2.56. The molecule has 2 rings (SSSR count). The molecule has 2 N–H and O–H groups in total. The van der Waals surface area contributed by atoms with Crippen LogP contribution in [-0.4, -0.2) is 60.8 Å². The van der Waals surface area contributed by atoms with E-state index in [9.17, 15) is 9.59 Å². The van der Waals surface area contributed by atoms with Gasteiger partial charge in [0.2, 0.25) is 5.91 Å². The number of nitrogens with zero attached hydrogens (tertiary/aromatic N) is 1. The van der Waals surface area contributed by atoms with Crippen molar-refractivity contribution in [3.63, 3.8) is 0 Å². The number of ether oxygens (including phenoxy) is 1. The summed E-state index contributed by atoms with van der Waals surface area (Å²) in [5.41, 5.74) is 0. The first-order valence-electron chi connectivity index (χ1n) is 6.41. The first-order valence-corrected chi connectivity index (χ1v) is 6.41. The number of aliphatic carboxylic acids is 1. The molecule has 1 amide bonds. The van der Waals surface area contributed by atoms with E-state index in [1.165, 1.54) is 0 Å². The fourth-order valence-corrected chi connectivity index (χ4v) is 2.56. The number of carbonyl (C=O) groups excluding carboxylic acids is 1. The summed E-state index contributed by atoms with van der Waals surface area (Å²) >= 11 is 0. The van der Waals surface area contributed by atoms with Crippen molar-refractivity contribution in [2.45, 2.75) is 31.5 Å². The van der Waals surface area contributed by atoms with Gasteiger partial charge in [0.05, 0.1) is 0 Å². The third-order valence-electron chi connectivity index (χ3n) is 3.64. The molecule has 0 spiro atoms. The van der Waals surface area contributed by atoms with Gasteiger partial charge in [0, 0.05) is 13.1 Å². The standard InChI is InChI=1S/C12H20N2O4/c1-14-5-4-8(7-14)6-13-11(15)9-2-3-10(18-9)12(16)17/h8-10H,2-7H2,1H3,(H,13,15)(H,16,17). The predicted octanol–water partition coefficient (Wildman–Crippen LogP) is -0.313. The van der Waals surface area contributed by atoms with Gasteiger partial charge in [-0.25, -0.2) is 4.79 Å². The number of hydrogen-bond acceptors (Lipinski definition) is 4. The van der Waals surface area contributed by atoms with Gasteiger partial charge in [0.1, 0.15) is 6.10 Å². The summed E-state index contributed by atoms with van der Waals surface area (Å²) in [5, 5.41) is 11.6. The van der Waals surface area contributed by atoms with Crippen molar-refractivity contribution >= 4 is 11.9 Å². The van der Waals surface area contributed by atoms with Crippen LogP contribution in [0.5, 0.6) is 0 Å². The van der Waals surface area contributed by atoms with Gasteiger partial charge in [-0.2, -0.15) is 0 Å². The highest BCUT2D eigenvalue weighted by molar-refractivity contribution is 5.82. The number of likely N-dealkylation sites (tertiary alicyclic amines) is 1. The molecule has 2 fully saturated rings. The van der Waals surface area contributed by atoms with E-state index in [4.69, 9.17) is 9.84 Å². The largest absolute Gasteiger partial charge is 0.479 e. The molecule has 2 saturated heterocycles. The first kappa shape index (κ1) is 13.3. The summed E-state index contributed by atoms with van der Waals surface area (Å²) in [6.45, 7) is 2.73. The van der Waals surface area contributed by atoms with Crippen LogP contribution in [0.15, 0.2) is 0 Å². The monoisotopic (exact) mass is 256 g/mol. The first-order chi connectivity index (χ1) is 8.56. The predicted molar refractivity (Wildman–Crippen MR) is 64.1 cm³/mol. The van der Waals surface area contributed by atoms with Gasteiger partial charge in [0.15, 0.2) is 6.10 Å². The zero-order valence-corrected chi connectivity index (χ0v) is 10.6. The SMILES string of the molecule is CN1CCC(CNC(=O)C2CCC(C(=O)O)O2)C1. The Kier molecular flexibility index (Phi) is 4.19. The van der Waals surface area contributed by atoms with Gasteiger partial charge >= 0.3 is 5.97 Å². The highest BCUT2D eigenvalue weighted by Gasteiger charge is 2.34. The number of hydrogen-bond donors (Lipinski definition) is 2. The number of carboxylic acid groups (broad SMARTS) is 1. The van der Waals surface area contributed by atoms with Crippen molar-refractivity contribution < 1.29 is 19.4 Å². The minimum atomic E-state index is -0.984. The van der Waals surface area contributed by atoms with Crippen LogP contribution < -0.4 is 5.32 Å². The average Bonchev–Trinajstić information content (AvgIpc) is 2.94. The molecule has 6 nitrogen and oxygen atoms in total. The van der Waals surface area contributed by atoms with Crippen LogP contribution in [0, 0.1) is 5.92 Å². The number of carboxylic acids is 1. The normalized spacial score (nSPS) is 32.6. The lowest BCUT2D eigenvalue weighted by Crippen LogP contribution is -2.38. The highest BCUT2D eigenvalue weighted by Crippen LogP contribution is 2.20. The summed E-state index contributed by atoms with van der Waals surface area (Å²) in [4.78, 5) is 24.8. The Labute approximate surface area is 106 Å². The Balaban J connectivity index is 1.71. The third-order valence-corrected chi connectivity index (χ3v) is 3.64. The molecule has 3 atom stereocenters. The topological polar surface area (TPSA) is 78.9 Å². The van der Waals surface area contributed by atoms with E-state index >= 15 is 0 Å². The second-order valence-corrected chi connectivity index (χ2v) is 5.19. The van der Waals surface area contributed by atoms with Crippen LogP contribution in [0.3, 0.4) is 0 Å². The van der Waals surface area contributed by atoms with E-state index in [1.807, 2.05) is 0 Å². The summed E-state index contributed by atoms with van der Waals surface area (Å²) in [6.07, 6.45) is 0.594. The molecular weight excluding hydrogens is 236 g/mol. The molecule has 0 aromatic heterocycles. The molecule has 6 heteroatoms. The second-order valence-electron chi connectivity index (χ2n) is 5.19. The molecule has 3 unspecified atom stereocenters. The lowest BCUT2D eigenvalue weighted by molar-refractivity contribution is -0.151. The van der Waals surface area contributed by atoms with E-state index in [-0.39, 0.29) is 5.91 Å². The lowest BCUT2D eigenvalue weighted by Gasteiger charge is -2.15. The molecule has 0 aromatic carbocycles. The number of carbonyl (C=O) groups is 2. The fraction of sp³-hybridized carbons (Fsp3) is 0.833. The minimum absolute atomic E-state index is 0.173. The van der Waals surface area contributed by atoms with Crippen LogP contribution in [-0.2, 0) is 14.3 Å². The Bertz CT molecular complexity index is 334. The molecule has 18 heavy (non-hydrogen) atoms. The second kappa shape index (κ2) is 5.67. The van der Waals surface area contributed by atoms with Crippen molar-refractivity contribution in [3.8, 4) is 0 Å². The maximum Gasteiger partial charge on any atom is 0.332 e. The lowest BCUT2D eigenvalue weighted by atomic mass is 10.1. The summed E-state index contributed by atoms with van der Waals surface area (Å²) in [6, 6.07) is 0. The van der Waals surface area contributed by atoms with Crippen molar-refractivity contribution in [1.29, 1.82) is 0 Å². The Morgan fingerprint density at radius 1 is 1.33 bits per heavy atom. The number of nitrogens with one attached hydrogen (secondary N) is 1. The van der Waals surface area contributed by atoms with Gasteiger partial charge in [-0.1, -0.05) is 0 Å². The molecular formula is C12H20N2O4. The van der Waals surface area contributed by atoms with Crippen molar-refractivity contribution in [1.82, 2.24) is 10.2 Å². The average molecular weight is 256 g/mol. The molecule has 2 aliphatic heterocycles. The molecule has 0 radical (unpaired) electrons. The van der Waals surface area contributed by atoms with Crippen LogP contribution >= 0.6 is 0 Å². The minimum Gasteiger partial charge on any atom is -0.479 e. The van der Waals surface area contributed by atoms with E-state index < -0.39 is 18.2 Å². The van der Waals surface area contributed by atoms with Gasteiger partial charge in [-0.15, -0.1) is 0 Å². The van der Waals surface area contributed by atoms with Gasteiger partial charge < -0.3 is 20.1 Å². The summed E-state index contributed by atoms with van der Waals surface area (Å²) in [5.74, 6) is -0.661. The van der Waals surface area contributed by atoms with Crippen LogP contribution in [0.2, 0.25) is 0 Å². The Morgan fingerprint density at radius 3 is 2.61 bits per heavy atom. The van der Waals surface area contributed by atoms with E-state index in [1.54, 1.807) is 0 Å². The zero-order valence-electron chi connectivity index (χ0n) is 10.6. The Morgan fingerprint density at radius 2 is 2.06 bits per heavy atom.